The van der Waals surface area contributed by atoms with E-state index in [9.17, 15) is 13.2 Å². The summed E-state index contributed by atoms with van der Waals surface area (Å²) in [6.45, 7) is 2.49. The van der Waals surface area contributed by atoms with Crippen LogP contribution in [-0.4, -0.2) is 37.9 Å². The number of carbonyl (C=O) groups excluding carboxylic acids is 1. The Morgan fingerprint density at radius 1 is 1.14 bits per heavy atom. The molecule has 1 N–H and O–H groups in total. The van der Waals surface area contributed by atoms with Crippen LogP contribution in [0.3, 0.4) is 0 Å². The molecule has 0 radical (unpaired) electrons. The molecule has 1 aliphatic rings. The SMILES string of the molecule is Cc1ccc(S(=O)(=O)N2CCC[C@H](C(=O)N/N=C\C=C\c3ccccc3)C2)cc1. The van der Waals surface area contributed by atoms with Crippen molar-refractivity contribution < 1.29 is 13.2 Å². The van der Waals surface area contributed by atoms with Gasteiger partial charge in [-0.2, -0.15) is 9.41 Å². The van der Waals surface area contributed by atoms with Crippen LogP contribution in [0.15, 0.2) is 70.7 Å². The van der Waals surface area contributed by atoms with Crippen molar-refractivity contribution in [2.24, 2.45) is 11.0 Å². The van der Waals surface area contributed by atoms with Gasteiger partial charge in [0.05, 0.1) is 10.8 Å². The maximum absolute atomic E-state index is 12.9. The number of nitrogens with zero attached hydrogens (tertiary/aromatic N) is 2. The molecule has 0 unspecified atom stereocenters. The summed E-state index contributed by atoms with van der Waals surface area (Å²) in [5.74, 6) is -0.683. The highest BCUT2D eigenvalue weighted by Crippen LogP contribution is 2.24. The normalized spacial score (nSPS) is 18.3. The first kappa shape index (κ1) is 21.0. The van der Waals surface area contributed by atoms with E-state index in [1.165, 1.54) is 10.5 Å². The van der Waals surface area contributed by atoms with Gasteiger partial charge in [0.25, 0.3) is 0 Å². The Labute approximate surface area is 172 Å². The average Bonchev–Trinajstić information content (AvgIpc) is 2.74. The molecule has 0 bridgehead atoms. The number of piperidine rings is 1. The number of allylic oxidation sites excluding steroid dienone is 1. The molecular formula is C22H25N3O3S. The number of nitrogens with one attached hydrogen (secondary N) is 1. The van der Waals surface area contributed by atoms with Gasteiger partial charge in [-0.3, -0.25) is 4.79 Å². The molecule has 0 aliphatic carbocycles. The lowest BCUT2D eigenvalue weighted by Crippen LogP contribution is -2.44. The maximum atomic E-state index is 12.9. The second-order valence-corrected chi connectivity index (χ2v) is 8.98. The smallest absolute Gasteiger partial charge is 0.244 e. The van der Waals surface area contributed by atoms with Crippen molar-refractivity contribution in [2.75, 3.05) is 13.1 Å². The Balaban J connectivity index is 1.57. The lowest BCUT2D eigenvalue weighted by Gasteiger charge is -2.30. The molecule has 0 saturated carbocycles. The minimum absolute atomic E-state index is 0.164. The van der Waals surface area contributed by atoms with Crippen molar-refractivity contribution in [2.45, 2.75) is 24.7 Å². The Bertz CT molecular complexity index is 984. The van der Waals surface area contributed by atoms with Gasteiger partial charge < -0.3 is 0 Å². The van der Waals surface area contributed by atoms with Crippen molar-refractivity contribution in [3.63, 3.8) is 0 Å². The highest BCUT2D eigenvalue weighted by molar-refractivity contribution is 7.89. The van der Waals surface area contributed by atoms with Gasteiger partial charge >= 0.3 is 0 Å². The summed E-state index contributed by atoms with van der Waals surface area (Å²) in [6.07, 6.45) is 6.41. The number of benzene rings is 2. The van der Waals surface area contributed by atoms with E-state index in [0.29, 0.717) is 19.4 Å². The fourth-order valence-electron chi connectivity index (χ4n) is 3.19. The van der Waals surface area contributed by atoms with Crippen LogP contribution in [0.2, 0.25) is 0 Å². The molecule has 2 aromatic rings. The topological polar surface area (TPSA) is 78.8 Å². The van der Waals surface area contributed by atoms with Crippen LogP contribution < -0.4 is 5.43 Å². The Morgan fingerprint density at radius 3 is 2.59 bits per heavy atom. The zero-order chi connectivity index (χ0) is 20.7. The van der Waals surface area contributed by atoms with E-state index in [0.717, 1.165) is 11.1 Å². The van der Waals surface area contributed by atoms with Crippen molar-refractivity contribution in [1.82, 2.24) is 9.73 Å². The van der Waals surface area contributed by atoms with Gasteiger partial charge in [-0.15, -0.1) is 0 Å². The molecule has 1 atom stereocenters. The van der Waals surface area contributed by atoms with Crippen molar-refractivity contribution in [1.29, 1.82) is 0 Å². The first-order valence-electron chi connectivity index (χ1n) is 9.58. The van der Waals surface area contributed by atoms with Gasteiger partial charge in [-0.25, -0.2) is 13.8 Å². The van der Waals surface area contributed by atoms with Crippen molar-refractivity contribution in [3.8, 4) is 0 Å². The van der Waals surface area contributed by atoms with Crippen LogP contribution in [-0.2, 0) is 14.8 Å². The van der Waals surface area contributed by atoms with Crippen LogP contribution in [0, 0.1) is 12.8 Å². The minimum Gasteiger partial charge on any atom is -0.273 e. The third kappa shape index (κ3) is 5.62. The van der Waals surface area contributed by atoms with Crippen molar-refractivity contribution in [3.05, 3.63) is 71.8 Å². The van der Waals surface area contributed by atoms with E-state index in [2.05, 4.69) is 10.5 Å². The zero-order valence-electron chi connectivity index (χ0n) is 16.4. The minimum atomic E-state index is -3.60. The summed E-state index contributed by atoms with van der Waals surface area (Å²) >= 11 is 0. The number of carbonyl (C=O) groups is 1. The first-order chi connectivity index (χ1) is 14.0. The van der Waals surface area contributed by atoms with Gasteiger partial charge in [0, 0.05) is 19.3 Å². The Morgan fingerprint density at radius 2 is 1.86 bits per heavy atom. The van der Waals surface area contributed by atoms with Crippen LogP contribution in [0.1, 0.15) is 24.0 Å². The standard InChI is InChI=1S/C22H25N3O3S/c1-18-11-13-21(14-12-18)29(27,28)25-16-6-10-20(17-25)22(26)24-23-15-5-9-19-7-3-2-4-8-19/h2-5,7-9,11-15,20H,6,10,16-17H2,1H3,(H,24,26)/b9-5+,23-15-/t20-/m0/s1. The lowest BCUT2D eigenvalue weighted by molar-refractivity contribution is -0.126. The molecule has 1 amide bonds. The number of hydrogen-bond acceptors (Lipinski definition) is 4. The predicted octanol–water partition coefficient (Wildman–Crippen LogP) is 3.21. The van der Waals surface area contributed by atoms with Gasteiger partial charge in [-0.05, 0) is 43.5 Å². The number of hydrazone groups is 1. The number of rotatable bonds is 6. The molecule has 0 spiro atoms. The number of sulfonamides is 1. The molecule has 1 saturated heterocycles. The fraction of sp³-hybridized carbons (Fsp3) is 0.273. The lowest BCUT2D eigenvalue weighted by atomic mass is 9.99. The molecule has 3 rings (SSSR count). The van der Waals surface area contributed by atoms with Gasteiger partial charge in [0.15, 0.2) is 0 Å². The fourth-order valence-corrected chi connectivity index (χ4v) is 4.71. The molecule has 152 valence electrons. The van der Waals surface area contributed by atoms with Gasteiger partial charge in [-0.1, -0.05) is 54.1 Å². The van der Waals surface area contributed by atoms with Crippen LogP contribution in [0.5, 0.6) is 0 Å². The highest BCUT2D eigenvalue weighted by Gasteiger charge is 2.33. The van der Waals surface area contributed by atoms with E-state index < -0.39 is 15.9 Å². The van der Waals surface area contributed by atoms with E-state index in [1.54, 1.807) is 30.3 Å². The van der Waals surface area contributed by atoms with E-state index >= 15 is 0 Å². The summed E-state index contributed by atoms with van der Waals surface area (Å²) in [7, 11) is -3.60. The molecule has 1 fully saturated rings. The number of hydrogen-bond donors (Lipinski definition) is 1. The van der Waals surface area contributed by atoms with Crippen LogP contribution in [0.25, 0.3) is 6.08 Å². The first-order valence-corrected chi connectivity index (χ1v) is 11.0. The molecule has 6 nitrogen and oxygen atoms in total. The molecule has 0 aromatic heterocycles. The quantitative estimate of drug-likeness (QED) is 0.586. The summed E-state index contributed by atoms with van der Waals surface area (Å²) in [6, 6.07) is 16.5. The Kier molecular flexibility index (Phi) is 6.95. The van der Waals surface area contributed by atoms with Gasteiger partial charge in [0.2, 0.25) is 15.9 Å². The predicted molar refractivity (Wildman–Crippen MR) is 115 cm³/mol. The third-order valence-corrected chi connectivity index (χ3v) is 6.72. The van der Waals surface area contributed by atoms with E-state index in [4.69, 9.17) is 0 Å². The Hall–Kier alpha value is -2.77. The number of aryl methyl sites for hydroxylation is 1. The highest BCUT2D eigenvalue weighted by atomic mass is 32.2. The van der Waals surface area contributed by atoms with Crippen LogP contribution in [0.4, 0.5) is 0 Å². The van der Waals surface area contributed by atoms with E-state index in [-0.39, 0.29) is 17.3 Å². The van der Waals surface area contributed by atoms with Crippen LogP contribution >= 0.6 is 0 Å². The number of amides is 1. The molecule has 1 aliphatic heterocycles. The molecule has 29 heavy (non-hydrogen) atoms. The van der Waals surface area contributed by atoms with Crippen molar-refractivity contribution >= 4 is 28.2 Å². The summed E-state index contributed by atoms with van der Waals surface area (Å²) < 4.78 is 27.1. The summed E-state index contributed by atoms with van der Waals surface area (Å²) in [4.78, 5) is 12.7. The summed E-state index contributed by atoms with van der Waals surface area (Å²) in [5, 5.41) is 3.94. The second kappa shape index (κ2) is 9.62. The van der Waals surface area contributed by atoms with E-state index in [1.807, 2.05) is 43.3 Å². The molecule has 1 heterocycles. The largest absolute Gasteiger partial charge is 0.273 e. The zero-order valence-corrected chi connectivity index (χ0v) is 17.2. The molecular weight excluding hydrogens is 386 g/mol. The monoisotopic (exact) mass is 411 g/mol. The molecule has 7 heteroatoms. The third-order valence-electron chi connectivity index (χ3n) is 4.84. The average molecular weight is 412 g/mol. The maximum Gasteiger partial charge on any atom is 0.244 e. The summed E-state index contributed by atoms with van der Waals surface area (Å²) in [5.41, 5.74) is 4.55. The molecule has 2 aromatic carbocycles. The second-order valence-electron chi connectivity index (χ2n) is 7.04. The van der Waals surface area contributed by atoms with Gasteiger partial charge in [0.1, 0.15) is 0 Å².